The summed E-state index contributed by atoms with van der Waals surface area (Å²) in [6.07, 6.45) is 59.2. The van der Waals surface area contributed by atoms with E-state index in [0.29, 0.717) is 19.3 Å². The highest BCUT2D eigenvalue weighted by Gasteiger charge is 2.19. The van der Waals surface area contributed by atoms with Gasteiger partial charge in [0, 0.05) is 19.3 Å². The van der Waals surface area contributed by atoms with Crippen molar-refractivity contribution in [3.63, 3.8) is 0 Å². The molecule has 0 amide bonds. The molecule has 0 N–H and O–H groups in total. The Labute approximate surface area is 370 Å². The number of esters is 3. The number of hydrogen-bond acceptors (Lipinski definition) is 6. The van der Waals surface area contributed by atoms with Gasteiger partial charge in [0.05, 0.1) is 0 Å². The van der Waals surface area contributed by atoms with E-state index in [1.807, 2.05) is 0 Å². The predicted octanol–water partition coefficient (Wildman–Crippen LogP) is 16.5. The molecule has 0 fully saturated rings. The second kappa shape index (κ2) is 48.8. The molecule has 0 aliphatic rings. The first kappa shape index (κ1) is 57.1. The van der Waals surface area contributed by atoms with Crippen LogP contribution in [-0.2, 0) is 28.6 Å². The molecule has 0 bridgehead atoms. The molecule has 346 valence electrons. The van der Waals surface area contributed by atoms with Gasteiger partial charge >= 0.3 is 17.9 Å². The molecule has 0 aromatic carbocycles. The fourth-order valence-corrected chi connectivity index (χ4v) is 6.96. The van der Waals surface area contributed by atoms with Crippen LogP contribution in [0.25, 0.3) is 0 Å². The minimum Gasteiger partial charge on any atom is -0.462 e. The highest BCUT2D eigenvalue weighted by atomic mass is 16.6. The minimum atomic E-state index is -0.784. The molecule has 6 heteroatoms. The summed E-state index contributed by atoms with van der Waals surface area (Å²) in [5.41, 5.74) is 0. The van der Waals surface area contributed by atoms with E-state index in [4.69, 9.17) is 14.2 Å². The molecule has 0 aromatic rings. The van der Waals surface area contributed by atoms with E-state index < -0.39 is 6.10 Å². The van der Waals surface area contributed by atoms with Crippen molar-refractivity contribution in [2.45, 2.75) is 252 Å². The lowest BCUT2D eigenvalue weighted by molar-refractivity contribution is -0.167. The standard InChI is InChI=1S/C54H94O6/c1-4-7-10-13-16-19-22-24-25-26-27-28-29-31-32-35-38-41-44-47-53(56)59-50-51(49-58-52(55)46-43-40-37-34-21-18-15-12-9-6-3)60-54(57)48-45-42-39-36-33-30-23-20-17-14-11-8-5-2/h7,10,16,19,24-25,27-28,30,33,51H,4-6,8-9,11-15,17-18,20-23,26,29,31-32,34-50H2,1-3H3/b10-7-,19-16-,25-24-,28-27-,33-30-. The number of carbonyl (C=O) groups excluding carboxylic acids is 3. The van der Waals surface area contributed by atoms with Crippen molar-refractivity contribution < 1.29 is 28.6 Å². The van der Waals surface area contributed by atoms with Crippen LogP contribution in [-0.4, -0.2) is 37.2 Å². The first-order valence-electron chi connectivity index (χ1n) is 25.3. The van der Waals surface area contributed by atoms with Crippen LogP contribution in [0.2, 0.25) is 0 Å². The second-order valence-electron chi connectivity index (χ2n) is 16.7. The van der Waals surface area contributed by atoms with Crippen LogP contribution in [0.1, 0.15) is 245 Å². The Kier molecular flexibility index (Phi) is 46.4. The molecule has 0 radical (unpaired) electrons. The molecule has 6 nitrogen and oxygen atoms in total. The zero-order valence-electron chi connectivity index (χ0n) is 39.5. The summed E-state index contributed by atoms with van der Waals surface area (Å²) < 4.78 is 16.7. The van der Waals surface area contributed by atoms with Gasteiger partial charge < -0.3 is 14.2 Å². The molecule has 1 unspecified atom stereocenters. The van der Waals surface area contributed by atoms with E-state index in [9.17, 15) is 14.4 Å². The van der Waals surface area contributed by atoms with Gasteiger partial charge in [0.25, 0.3) is 0 Å². The summed E-state index contributed by atoms with van der Waals surface area (Å²) >= 11 is 0. The fraction of sp³-hybridized carbons (Fsp3) is 0.759. The van der Waals surface area contributed by atoms with Crippen LogP contribution in [0.15, 0.2) is 60.8 Å². The van der Waals surface area contributed by atoms with Gasteiger partial charge in [-0.2, -0.15) is 0 Å². The molecular formula is C54H94O6. The van der Waals surface area contributed by atoms with Crippen molar-refractivity contribution in [3.05, 3.63) is 60.8 Å². The third-order valence-corrected chi connectivity index (χ3v) is 10.8. The van der Waals surface area contributed by atoms with E-state index in [2.05, 4.69) is 81.5 Å². The highest BCUT2D eigenvalue weighted by molar-refractivity contribution is 5.71. The van der Waals surface area contributed by atoms with Crippen molar-refractivity contribution in [2.75, 3.05) is 13.2 Å². The molecule has 0 saturated heterocycles. The van der Waals surface area contributed by atoms with Gasteiger partial charge in [-0.05, 0) is 83.5 Å². The SMILES string of the molecule is CC/C=C\C/C=C\C/C=C\C/C=C\CCCCCCCCC(=O)OCC(COC(=O)CCCCCCCCCCCC)OC(=O)CCCCC/C=C\CCCCCCCC. The lowest BCUT2D eigenvalue weighted by Crippen LogP contribution is -2.30. The molecule has 0 spiro atoms. The maximum atomic E-state index is 12.7. The molecular weight excluding hydrogens is 745 g/mol. The molecule has 0 rings (SSSR count). The van der Waals surface area contributed by atoms with E-state index in [1.54, 1.807) is 0 Å². The zero-order valence-corrected chi connectivity index (χ0v) is 39.5. The number of hydrogen-bond donors (Lipinski definition) is 0. The number of unbranched alkanes of at least 4 members (excludes halogenated alkanes) is 24. The lowest BCUT2D eigenvalue weighted by Gasteiger charge is -2.18. The first-order valence-corrected chi connectivity index (χ1v) is 25.3. The molecule has 0 aromatic heterocycles. The lowest BCUT2D eigenvalue weighted by atomic mass is 10.1. The van der Waals surface area contributed by atoms with Gasteiger partial charge in [-0.1, -0.05) is 204 Å². The average Bonchev–Trinajstić information content (AvgIpc) is 3.24. The van der Waals surface area contributed by atoms with Gasteiger partial charge in [-0.25, -0.2) is 0 Å². The Morgan fingerprint density at radius 2 is 0.650 bits per heavy atom. The smallest absolute Gasteiger partial charge is 0.306 e. The number of allylic oxidation sites excluding steroid dienone is 10. The van der Waals surface area contributed by atoms with Gasteiger partial charge in [0.1, 0.15) is 13.2 Å². The number of rotatable bonds is 45. The summed E-state index contributed by atoms with van der Waals surface area (Å²) in [4.78, 5) is 37.9. The number of carbonyl (C=O) groups is 3. The average molecular weight is 839 g/mol. The van der Waals surface area contributed by atoms with Crippen molar-refractivity contribution in [1.82, 2.24) is 0 Å². The van der Waals surface area contributed by atoms with Crippen molar-refractivity contribution >= 4 is 17.9 Å². The molecule has 1 atom stereocenters. The summed E-state index contributed by atoms with van der Waals surface area (Å²) in [5.74, 6) is -0.913. The third kappa shape index (κ3) is 46.2. The Morgan fingerprint density at radius 1 is 0.350 bits per heavy atom. The Bertz CT molecular complexity index is 1100. The van der Waals surface area contributed by atoms with Crippen LogP contribution in [0, 0.1) is 0 Å². The summed E-state index contributed by atoms with van der Waals surface area (Å²) in [6.45, 7) is 6.48. The second-order valence-corrected chi connectivity index (χ2v) is 16.7. The van der Waals surface area contributed by atoms with E-state index in [-0.39, 0.29) is 31.1 Å². The van der Waals surface area contributed by atoms with Crippen LogP contribution >= 0.6 is 0 Å². The molecule has 0 aliphatic carbocycles. The van der Waals surface area contributed by atoms with Crippen LogP contribution < -0.4 is 0 Å². The topological polar surface area (TPSA) is 78.9 Å². The van der Waals surface area contributed by atoms with Gasteiger partial charge in [-0.15, -0.1) is 0 Å². The van der Waals surface area contributed by atoms with Crippen LogP contribution in [0.3, 0.4) is 0 Å². The molecule has 60 heavy (non-hydrogen) atoms. The zero-order chi connectivity index (χ0) is 43.7. The highest BCUT2D eigenvalue weighted by Crippen LogP contribution is 2.14. The first-order chi connectivity index (χ1) is 29.5. The minimum absolute atomic E-state index is 0.0834. The maximum Gasteiger partial charge on any atom is 0.306 e. The van der Waals surface area contributed by atoms with Crippen LogP contribution in [0.4, 0.5) is 0 Å². The Balaban J connectivity index is 4.37. The van der Waals surface area contributed by atoms with Crippen molar-refractivity contribution in [3.8, 4) is 0 Å². The van der Waals surface area contributed by atoms with Gasteiger partial charge in [0.2, 0.25) is 0 Å². The molecule has 0 heterocycles. The van der Waals surface area contributed by atoms with Gasteiger partial charge in [0.15, 0.2) is 6.10 Å². The summed E-state index contributed by atoms with van der Waals surface area (Å²) in [7, 11) is 0. The van der Waals surface area contributed by atoms with Crippen LogP contribution in [0.5, 0.6) is 0 Å². The molecule has 0 saturated carbocycles. The van der Waals surface area contributed by atoms with E-state index >= 15 is 0 Å². The monoisotopic (exact) mass is 839 g/mol. The Hall–Kier alpha value is -2.89. The third-order valence-electron chi connectivity index (χ3n) is 10.8. The predicted molar refractivity (Wildman–Crippen MR) is 256 cm³/mol. The van der Waals surface area contributed by atoms with Gasteiger partial charge in [-0.3, -0.25) is 14.4 Å². The quantitative estimate of drug-likeness (QED) is 0.0263. The summed E-state index contributed by atoms with van der Waals surface area (Å²) in [6, 6.07) is 0. The van der Waals surface area contributed by atoms with Crippen molar-refractivity contribution in [1.29, 1.82) is 0 Å². The fourth-order valence-electron chi connectivity index (χ4n) is 6.96. The van der Waals surface area contributed by atoms with Crippen molar-refractivity contribution in [2.24, 2.45) is 0 Å². The maximum absolute atomic E-state index is 12.7. The largest absolute Gasteiger partial charge is 0.462 e. The number of ether oxygens (including phenoxy) is 3. The van der Waals surface area contributed by atoms with E-state index in [0.717, 1.165) is 103 Å². The van der Waals surface area contributed by atoms with E-state index in [1.165, 1.54) is 103 Å². The normalized spacial score (nSPS) is 12.5. The summed E-state index contributed by atoms with van der Waals surface area (Å²) in [5, 5.41) is 0. The Morgan fingerprint density at radius 3 is 1.05 bits per heavy atom. The molecule has 0 aliphatic heterocycles.